The highest BCUT2D eigenvalue weighted by Gasteiger charge is 2.30. The standard InChI is InChI=1S/C24H35N7O6/c25-9-5-4-8-18(24(36)37)29-23(35)20(11-16-12-27-14-28-16)31-22(34)19(30-21(33)17(26)13-32)10-15-6-2-1-3-7-15/h1-3,6-7,12,14,17-20,32H,4-5,8-11,13,25-26H2,(H,27,28)(H,29,35)(H,30,33)(H,31,34)(H,36,37). The number of rotatable bonds is 16. The summed E-state index contributed by atoms with van der Waals surface area (Å²) in [5, 5.41) is 26.4. The lowest BCUT2D eigenvalue weighted by Crippen LogP contribution is -2.58. The first kappa shape index (κ1) is 29.4. The van der Waals surface area contributed by atoms with Gasteiger partial charge in [-0.1, -0.05) is 30.3 Å². The molecular weight excluding hydrogens is 482 g/mol. The molecule has 13 heteroatoms. The van der Waals surface area contributed by atoms with Crippen molar-refractivity contribution in [3.8, 4) is 0 Å². The van der Waals surface area contributed by atoms with E-state index in [1.54, 1.807) is 30.3 Å². The van der Waals surface area contributed by atoms with Crippen LogP contribution in [0.4, 0.5) is 0 Å². The second kappa shape index (κ2) is 15.3. The molecule has 0 saturated carbocycles. The lowest BCUT2D eigenvalue weighted by Gasteiger charge is -2.25. The highest BCUT2D eigenvalue weighted by molar-refractivity contribution is 5.94. The van der Waals surface area contributed by atoms with Crippen LogP contribution in [0.25, 0.3) is 0 Å². The number of carbonyl (C=O) groups is 4. The van der Waals surface area contributed by atoms with Gasteiger partial charge in [0.05, 0.1) is 12.9 Å². The summed E-state index contributed by atoms with van der Waals surface area (Å²) in [5.74, 6) is -3.33. The number of carboxylic acids is 1. The number of nitrogens with zero attached hydrogens (tertiary/aromatic N) is 1. The molecule has 1 heterocycles. The van der Waals surface area contributed by atoms with Crippen LogP contribution in [0, 0.1) is 0 Å². The van der Waals surface area contributed by atoms with Gasteiger partial charge in [0.2, 0.25) is 17.7 Å². The Kier molecular flexibility index (Phi) is 12.2. The lowest BCUT2D eigenvalue weighted by atomic mass is 10.0. The van der Waals surface area contributed by atoms with Crippen molar-refractivity contribution in [2.45, 2.75) is 56.3 Å². The first-order chi connectivity index (χ1) is 17.7. The van der Waals surface area contributed by atoms with E-state index in [1.807, 2.05) is 0 Å². The average molecular weight is 518 g/mol. The van der Waals surface area contributed by atoms with Crippen molar-refractivity contribution in [1.29, 1.82) is 0 Å². The van der Waals surface area contributed by atoms with Crippen LogP contribution in [0.1, 0.15) is 30.5 Å². The van der Waals surface area contributed by atoms with E-state index in [-0.39, 0.29) is 19.3 Å². The maximum atomic E-state index is 13.3. The van der Waals surface area contributed by atoms with Crippen LogP contribution < -0.4 is 27.4 Å². The van der Waals surface area contributed by atoms with Gasteiger partial charge in [-0.3, -0.25) is 14.4 Å². The number of aliphatic carboxylic acids is 1. The maximum Gasteiger partial charge on any atom is 0.326 e. The second-order valence-corrected chi connectivity index (χ2v) is 8.57. The summed E-state index contributed by atoms with van der Waals surface area (Å²) in [4.78, 5) is 57.2. The van der Waals surface area contributed by atoms with Gasteiger partial charge >= 0.3 is 5.97 Å². The van der Waals surface area contributed by atoms with E-state index in [1.165, 1.54) is 12.5 Å². The Bertz CT molecular complexity index is 1000. The second-order valence-electron chi connectivity index (χ2n) is 8.57. The minimum Gasteiger partial charge on any atom is -0.480 e. The van der Waals surface area contributed by atoms with Gasteiger partial charge < -0.3 is 42.6 Å². The smallest absolute Gasteiger partial charge is 0.326 e. The first-order valence-electron chi connectivity index (χ1n) is 12.0. The lowest BCUT2D eigenvalue weighted by molar-refractivity contribution is -0.142. The number of amides is 3. The molecule has 1 aromatic heterocycles. The van der Waals surface area contributed by atoms with Crippen LogP contribution in [0.15, 0.2) is 42.9 Å². The van der Waals surface area contributed by atoms with E-state index in [0.29, 0.717) is 25.1 Å². The molecule has 10 N–H and O–H groups in total. The molecule has 0 fully saturated rings. The van der Waals surface area contributed by atoms with Crippen molar-refractivity contribution in [3.63, 3.8) is 0 Å². The number of hydrogen-bond acceptors (Lipinski definition) is 8. The van der Waals surface area contributed by atoms with Crippen LogP contribution in [-0.4, -0.2) is 81.2 Å². The Labute approximate surface area is 214 Å². The van der Waals surface area contributed by atoms with Gasteiger partial charge in [-0.15, -0.1) is 0 Å². The fourth-order valence-electron chi connectivity index (χ4n) is 3.54. The minimum absolute atomic E-state index is 0.00509. The number of imidazole rings is 1. The third-order valence-electron chi connectivity index (χ3n) is 5.62. The Morgan fingerprint density at radius 1 is 0.919 bits per heavy atom. The number of unbranched alkanes of at least 4 members (excludes halogenated alkanes) is 1. The summed E-state index contributed by atoms with van der Waals surface area (Å²) in [5.41, 5.74) is 12.3. The number of H-pyrrole nitrogens is 1. The summed E-state index contributed by atoms with van der Waals surface area (Å²) in [7, 11) is 0. The van der Waals surface area contributed by atoms with Crippen molar-refractivity contribution < 1.29 is 29.4 Å². The van der Waals surface area contributed by atoms with E-state index < -0.39 is 54.5 Å². The molecule has 202 valence electrons. The zero-order chi connectivity index (χ0) is 27.2. The van der Waals surface area contributed by atoms with Gasteiger partial charge in [0.15, 0.2) is 0 Å². The average Bonchev–Trinajstić information content (AvgIpc) is 3.40. The van der Waals surface area contributed by atoms with Crippen LogP contribution in [0.5, 0.6) is 0 Å². The number of aliphatic hydroxyl groups is 1. The number of aromatic amines is 1. The number of nitrogens with two attached hydrogens (primary N) is 2. The topological polar surface area (TPSA) is 226 Å². The molecule has 0 aliphatic heterocycles. The number of carboxylic acid groups (broad SMARTS) is 1. The summed E-state index contributed by atoms with van der Waals surface area (Å²) in [6.45, 7) is -0.218. The first-order valence-corrected chi connectivity index (χ1v) is 12.0. The van der Waals surface area contributed by atoms with Gasteiger partial charge in [0, 0.05) is 24.7 Å². The van der Waals surface area contributed by atoms with Crippen molar-refractivity contribution in [2.75, 3.05) is 13.2 Å². The van der Waals surface area contributed by atoms with E-state index >= 15 is 0 Å². The molecule has 1 aromatic carbocycles. The highest BCUT2D eigenvalue weighted by atomic mass is 16.4. The van der Waals surface area contributed by atoms with Crippen LogP contribution in [-0.2, 0) is 32.0 Å². The van der Waals surface area contributed by atoms with Crippen molar-refractivity contribution >= 4 is 23.7 Å². The molecule has 0 bridgehead atoms. The molecule has 2 rings (SSSR count). The van der Waals surface area contributed by atoms with E-state index in [0.717, 1.165) is 5.56 Å². The number of nitrogens with one attached hydrogen (secondary N) is 4. The van der Waals surface area contributed by atoms with E-state index in [4.69, 9.17) is 11.5 Å². The molecule has 4 atom stereocenters. The molecule has 0 aliphatic rings. The molecule has 0 radical (unpaired) electrons. The predicted molar refractivity (Wildman–Crippen MR) is 134 cm³/mol. The molecule has 3 amide bonds. The SMILES string of the molecule is NCCCCC(NC(=O)C(Cc1cnc[nH]1)NC(=O)C(Cc1ccccc1)NC(=O)C(N)CO)C(=O)O. The quantitative estimate of drug-likeness (QED) is 0.117. The van der Waals surface area contributed by atoms with Crippen LogP contribution in [0.2, 0.25) is 0 Å². The fourth-order valence-corrected chi connectivity index (χ4v) is 3.54. The van der Waals surface area contributed by atoms with Crippen LogP contribution in [0.3, 0.4) is 0 Å². The van der Waals surface area contributed by atoms with Crippen molar-refractivity contribution in [1.82, 2.24) is 25.9 Å². The fraction of sp³-hybridized carbons (Fsp3) is 0.458. The molecule has 37 heavy (non-hydrogen) atoms. The van der Waals surface area contributed by atoms with Crippen molar-refractivity contribution in [3.05, 3.63) is 54.1 Å². The minimum atomic E-state index is -1.24. The molecule has 13 nitrogen and oxygen atoms in total. The number of aromatic nitrogens is 2. The molecule has 2 aromatic rings. The Morgan fingerprint density at radius 2 is 1.54 bits per heavy atom. The van der Waals surface area contributed by atoms with Gasteiger partial charge in [0.1, 0.15) is 24.2 Å². The summed E-state index contributed by atoms with van der Waals surface area (Å²) in [6.07, 6.45) is 4.25. The molecular formula is C24H35N7O6. The number of carbonyl (C=O) groups excluding carboxylic acids is 3. The Morgan fingerprint density at radius 3 is 2.11 bits per heavy atom. The number of hydrogen-bond donors (Lipinski definition) is 8. The summed E-state index contributed by atoms with van der Waals surface area (Å²) < 4.78 is 0. The van der Waals surface area contributed by atoms with Gasteiger partial charge in [-0.25, -0.2) is 9.78 Å². The zero-order valence-corrected chi connectivity index (χ0v) is 20.4. The third-order valence-corrected chi connectivity index (χ3v) is 5.62. The maximum absolute atomic E-state index is 13.3. The van der Waals surface area contributed by atoms with Crippen molar-refractivity contribution in [2.24, 2.45) is 11.5 Å². The van der Waals surface area contributed by atoms with Crippen LogP contribution >= 0.6 is 0 Å². The third kappa shape index (κ3) is 9.99. The predicted octanol–water partition coefficient (Wildman–Crippen LogP) is -1.82. The van der Waals surface area contributed by atoms with E-state index in [9.17, 15) is 29.4 Å². The summed E-state index contributed by atoms with van der Waals surface area (Å²) >= 11 is 0. The monoisotopic (exact) mass is 517 g/mol. The Balaban J connectivity index is 2.22. The Hall–Kier alpha value is -3.81. The van der Waals surface area contributed by atoms with Gasteiger partial charge in [-0.05, 0) is 31.4 Å². The molecule has 0 aliphatic carbocycles. The largest absolute Gasteiger partial charge is 0.480 e. The normalized spacial score (nSPS) is 14.1. The van der Waals surface area contributed by atoms with E-state index in [2.05, 4.69) is 25.9 Å². The number of aliphatic hydroxyl groups excluding tert-OH is 1. The number of benzene rings is 1. The van der Waals surface area contributed by atoms with Gasteiger partial charge in [0.25, 0.3) is 0 Å². The zero-order valence-electron chi connectivity index (χ0n) is 20.4. The molecule has 4 unspecified atom stereocenters. The van der Waals surface area contributed by atoms with Gasteiger partial charge in [-0.2, -0.15) is 0 Å². The summed E-state index contributed by atoms with van der Waals surface area (Å²) in [6, 6.07) is 4.19. The molecule has 0 spiro atoms. The highest BCUT2D eigenvalue weighted by Crippen LogP contribution is 2.07. The molecule has 0 saturated heterocycles.